The maximum absolute atomic E-state index is 12.9. The molecule has 3 rings (SSSR count). The smallest absolute Gasteiger partial charge is 0.376 e. The Morgan fingerprint density at radius 1 is 1.00 bits per heavy atom. The van der Waals surface area contributed by atoms with Gasteiger partial charge < -0.3 is 9.64 Å². The highest BCUT2D eigenvalue weighted by Crippen LogP contribution is 2.37. The first kappa shape index (κ1) is 19.0. The second-order valence-electron chi connectivity index (χ2n) is 6.73. The first-order valence-electron chi connectivity index (χ1n) is 8.24. The molecule has 2 fully saturated rings. The number of hydrogen-bond acceptors (Lipinski definition) is 2. The van der Waals surface area contributed by atoms with E-state index in [9.17, 15) is 31.1 Å². The van der Waals surface area contributed by atoms with Crippen molar-refractivity contribution >= 4 is 5.91 Å². The minimum Gasteiger partial charge on any atom is -0.376 e. The molecule has 1 atom stereocenters. The zero-order chi connectivity index (χ0) is 19.1. The number of alkyl halides is 6. The van der Waals surface area contributed by atoms with Crippen LogP contribution in [0.5, 0.6) is 0 Å². The number of likely N-dealkylation sites (tertiary alicyclic amines) is 1. The lowest BCUT2D eigenvalue weighted by Gasteiger charge is -2.19. The molecule has 1 aromatic rings. The highest BCUT2D eigenvalue weighted by atomic mass is 19.4. The Kier molecular flexibility index (Phi) is 4.94. The van der Waals surface area contributed by atoms with Crippen LogP contribution in [0.2, 0.25) is 0 Å². The van der Waals surface area contributed by atoms with Crippen LogP contribution in [0.1, 0.15) is 40.7 Å². The summed E-state index contributed by atoms with van der Waals surface area (Å²) in [6.45, 7) is 0.989. The summed E-state index contributed by atoms with van der Waals surface area (Å²) in [6, 6.07) is 0.953. The van der Waals surface area contributed by atoms with Gasteiger partial charge in [-0.2, -0.15) is 26.3 Å². The summed E-state index contributed by atoms with van der Waals surface area (Å²) in [4.78, 5) is 13.7. The van der Waals surface area contributed by atoms with Crippen LogP contribution in [-0.2, 0) is 17.1 Å². The van der Waals surface area contributed by atoms with Crippen LogP contribution in [0.4, 0.5) is 26.3 Å². The van der Waals surface area contributed by atoms with Crippen LogP contribution in [0.3, 0.4) is 0 Å². The van der Waals surface area contributed by atoms with Crippen LogP contribution in [-0.4, -0.2) is 36.6 Å². The summed E-state index contributed by atoms with van der Waals surface area (Å²) in [6.07, 6.45) is -7.47. The SMILES string of the molecule is O=C(c1cc(C(F)(F)F)cc(C(F)(F)F)c1)N1CCC(OCC2CC2)C1. The predicted octanol–water partition coefficient (Wildman–Crippen LogP) is 4.37. The third-order valence-corrected chi connectivity index (χ3v) is 4.53. The zero-order valence-corrected chi connectivity index (χ0v) is 13.7. The van der Waals surface area contributed by atoms with Gasteiger partial charge in [0.05, 0.1) is 17.2 Å². The Bertz CT molecular complexity index is 649. The molecule has 0 spiro atoms. The van der Waals surface area contributed by atoms with Crippen LogP contribution >= 0.6 is 0 Å². The zero-order valence-electron chi connectivity index (χ0n) is 13.7. The van der Waals surface area contributed by atoms with Gasteiger partial charge in [0.15, 0.2) is 0 Å². The Hall–Kier alpha value is -1.77. The molecule has 2 aliphatic rings. The molecule has 1 amide bonds. The van der Waals surface area contributed by atoms with Crippen LogP contribution in [0.25, 0.3) is 0 Å². The molecule has 1 unspecified atom stereocenters. The molecule has 1 saturated carbocycles. The summed E-state index contributed by atoms with van der Waals surface area (Å²) in [7, 11) is 0. The Morgan fingerprint density at radius 2 is 1.58 bits per heavy atom. The Morgan fingerprint density at radius 3 is 2.08 bits per heavy atom. The molecule has 9 heteroatoms. The van der Waals surface area contributed by atoms with E-state index in [2.05, 4.69) is 0 Å². The molecule has 0 bridgehead atoms. The van der Waals surface area contributed by atoms with E-state index in [1.54, 1.807) is 0 Å². The summed E-state index contributed by atoms with van der Waals surface area (Å²) in [5, 5.41) is 0. The summed E-state index contributed by atoms with van der Waals surface area (Å²) in [5.41, 5.74) is -3.59. The molecule has 1 saturated heterocycles. The van der Waals surface area contributed by atoms with Gasteiger partial charge in [-0.1, -0.05) is 0 Å². The first-order chi connectivity index (χ1) is 12.0. The molecular weight excluding hydrogens is 364 g/mol. The van der Waals surface area contributed by atoms with E-state index >= 15 is 0 Å². The number of hydrogen-bond donors (Lipinski definition) is 0. The van der Waals surface area contributed by atoms with Crippen LogP contribution in [0, 0.1) is 5.92 Å². The Balaban J connectivity index is 1.77. The number of carbonyl (C=O) groups excluding carboxylic acids is 1. The van der Waals surface area contributed by atoms with E-state index in [1.807, 2.05) is 0 Å². The van der Waals surface area contributed by atoms with E-state index in [1.165, 1.54) is 4.90 Å². The molecule has 1 heterocycles. The predicted molar refractivity (Wildman–Crippen MR) is 79.4 cm³/mol. The second kappa shape index (κ2) is 6.75. The molecule has 0 N–H and O–H groups in total. The maximum Gasteiger partial charge on any atom is 0.416 e. The summed E-state index contributed by atoms with van der Waals surface area (Å²) in [5.74, 6) is -0.323. The first-order valence-corrected chi connectivity index (χ1v) is 8.24. The van der Waals surface area contributed by atoms with Crippen molar-refractivity contribution in [1.82, 2.24) is 4.90 Å². The third kappa shape index (κ3) is 4.49. The molecule has 3 nitrogen and oxygen atoms in total. The lowest BCUT2D eigenvalue weighted by Crippen LogP contribution is -2.31. The van der Waals surface area contributed by atoms with E-state index < -0.39 is 35.0 Å². The van der Waals surface area contributed by atoms with Crippen LogP contribution < -0.4 is 0 Å². The van der Waals surface area contributed by atoms with Gasteiger partial charge in [0.1, 0.15) is 0 Å². The van der Waals surface area contributed by atoms with Gasteiger partial charge in [-0.25, -0.2) is 0 Å². The van der Waals surface area contributed by atoms with Crippen molar-refractivity contribution in [3.8, 4) is 0 Å². The van der Waals surface area contributed by atoms with Crippen molar-refractivity contribution in [2.45, 2.75) is 37.7 Å². The minimum absolute atomic E-state index is 0.0162. The van der Waals surface area contributed by atoms with Crippen molar-refractivity contribution < 1.29 is 35.9 Å². The van der Waals surface area contributed by atoms with Gasteiger partial charge >= 0.3 is 12.4 Å². The third-order valence-electron chi connectivity index (χ3n) is 4.53. The average Bonchev–Trinajstić information content (AvgIpc) is 3.26. The molecule has 1 aliphatic heterocycles. The highest BCUT2D eigenvalue weighted by Gasteiger charge is 2.38. The Labute approximate surface area is 145 Å². The van der Waals surface area contributed by atoms with Gasteiger partial charge in [-0.05, 0) is 43.4 Å². The van der Waals surface area contributed by atoms with Crippen molar-refractivity contribution in [3.63, 3.8) is 0 Å². The molecule has 26 heavy (non-hydrogen) atoms. The van der Waals surface area contributed by atoms with Crippen molar-refractivity contribution in [2.75, 3.05) is 19.7 Å². The standard InChI is InChI=1S/C17H17F6NO2/c18-16(19,20)12-5-11(6-13(7-12)17(21,22)23)15(25)24-4-3-14(8-24)26-9-10-1-2-10/h5-7,10,14H,1-4,8-9H2. The fraction of sp³-hybridized carbons (Fsp3) is 0.588. The molecular formula is C17H17F6NO2. The minimum atomic E-state index is -4.97. The van der Waals surface area contributed by atoms with Gasteiger partial charge in [0, 0.05) is 25.3 Å². The molecule has 0 radical (unpaired) electrons. The topological polar surface area (TPSA) is 29.5 Å². The number of nitrogens with zero attached hydrogens (tertiary/aromatic N) is 1. The fourth-order valence-electron chi connectivity index (χ4n) is 2.87. The number of ether oxygens (including phenoxy) is 1. The van der Waals surface area contributed by atoms with Gasteiger partial charge in [-0.15, -0.1) is 0 Å². The van der Waals surface area contributed by atoms with Crippen molar-refractivity contribution in [1.29, 1.82) is 0 Å². The van der Waals surface area contributed by atoms with Gasteiger partial charge in [-0.3, -0.25) is 4.79 Å². The second-order valence-corrected chi connectivity index (χ2v) is 6.73. The monoisotopic (exact) mass is 381 g/mol. The molecule has 0 aromatic heterocycles. The van der Waals surface area contributed by atoms with Crippen molar-refractivity contribution in [3.05, 3.63) is 34.9 Å². The molecule has 144 valence electrons. The average molecular weight is 381 g/mol. The normalized spacial score (nSPS) is 21.3. The summed E-state index contributed by atoms with van der Waals surface area (Å²) >= 11 is 0. The quantitative estimate of drug-likeness (QED) is 0.725. The maximum atomic E-state index is 12.9. The van der Waals surface area contributed by atoms with Crippen molar-refractivity contribution in [2.24, 2.45) is 5.92 Å². The lowest BCUT2D eigenvalue weighted by atomic mass is 10.0. The van der Waals surface area contributed by atoms with Crippen LogP contribution in [0.15, 0.2) is 18.2 Å². The number of amides is 1. The van der Waals surface area contributed by atoms with E-state index in [0.717, 1.165) is 12.8 Å². The number of benzene rings is 1. The van der Waals surface area contributed by atoms with E-state index in [-0.39, 0.29) is 25.3 Å². The fourth-order valence-corrected chi connectivity index (χ4v) is 2.87. The molecule has 1 aromatic carbocycles. The number of rotatable bonds is 4. The number of carbonyl (C=O) groups is 1. The number of halogens is 6. The van der Waals surface area contributed by atoms with E-state index in [0.29, 0.717) is 31.1 Å². The lowest BCUT2D eigenvalue weighted by molar-refractivity contribution is -0.143. The highest BCUT2D eigenvalue weighted by molar-refractivity contribution is 5.95. The van der Waals surface area contributed by atoms with Gasteiger partial charge in [0.2, 0.25) is 0 Å². The van der Waals surface area contributed by atoms with E-state index in [4.69, 9.17) is 4.74 Å². The largest absolute Gasteiger partial charge is 0.416 e. The van der Waals surface area contributed by atoms with Gasteiger partial charge in [0.25, 0.3) is 5.91 Å². The summed E-state index contributed by atoms with van der Waals surface area (Å²) < 4.78 is 83.1. The molecule has 1 aliphatic carbocycles.